The minimum absolute atomic E-state index is 0.480. The lowest BCUT2D eigenvalue weighted by atomic mass is 9.77. The predicted octanol–water partition coefficient (Wildman–Crippen LogP) is 2.80. The Hall–Kier alpha value is -1.31. The third kappa shape index (κ3) is 2.05. The lowest BCUT2D eigenvalue weighted by Gasteiger charge is -2.46. The Morgan fingerprint density at radius 3 is 2.89 bits per heavy atom. The number of carbonyl (C=O) groups excluding carboxylic acids is 1. The summed E-state index contributed by atoms with van der Waals surface area (Å²) < 4.78 is 0. The minimum Gasteiger partial charge on any atom is -0.344 e. The van der Waals surface area contributed by atoms with E-state index in [1.54, 1.807) is 0 Å². The Bertz CT molecular complexity index is 448. The summed E-state index contributed by atoms with van der Waals surface area (Å²) in [7, 11) is 0. The molecule has 2 heteroatoms. The molecule has 1 aromatic carbocycles. The monoisotopic (exact) mass is 243 g/mol. The molecule has 3 rings (SSSR count). The third-order valence-electron chi connectivity index (χ3n) is 4.80. The summed E-state index contributed by atoms with van der Waals surface area (Å²) in [5.74, 6) is 0.819. The van der Waals surface area contributed by atoms with Crippen molar-refractivity contribution in [2.24, 2.45) is 11.3 Å². The zero-order chi connectivity index (χ0) is 12.6. The molecule has 0 aromatic heterocycles. The van der Waals surface area contributed by atoms with Crippen LogP contribution in [-0.2, 0) is 11.2 Å². The smallest absolute Gasteiger partial charge is 0.209 e. The first kappa shape index (κ1) is 11.8. The van der Waals surface area contributed by atoms with Gasteiger partial charge in [-0.2, -0.15) is 0 Å². The van der Waals surface area contributed by atoms with Crippen molar-refractivity contribution < 1.29 is 4.79 Å². The molecule has 1 saturated heterocycles. The van der Waals surface area contributed by atoms with Crippen molar-refractivity contribution in [3.05, 3.63) is 35.4 Å². The highest BCUT2D eigenvalue weighted by Crippen LogP contribution is 2.48. The van der Waals surface area contributed by atoms with Crippen LogP contribution in [0.15, 0.2) is 24.3 Å². The van der Waals surface area contributed by atoms with Gasteiger partial charge in [0.25, 0.3) is 0 Å². The van der Waals surface area contributed by atoms with Gasteiger partial charge in [0.05, 0.1) is 0 Å². The molecule has 0 radical (unpaired) electrons. The Labute approximate surface area is 109 Å². The molecular weight excluding hydrogens is 222 g/mol. The molecule has 1 saturated carbocycles. The first-order valence-corrected chi connectivity index (χ1v) is 6.95. The van der Waals surface area contributed by atoms with Gasteiger partial charge in [-0.1, -0.05) is 24.3 Å². The van der Waals surface area contributed by atoms with E-state index in [9.17, 15) is 4.79 Å². The number of aryl methyl sites for hydroxylation is 1. The number of amides is 1. The second kappa shape index (κ2) is 4.42. The van der Waals surface area contributed by atoms with E-state index < -0.39 is 0 Å². The fraction of sp³-hybridized carbons (Fsp3) is 0.562. The Kier molecular flexibility index (Phi) is 2.89. The molecule has 1 amide bonds. The average Bonchev–Trinajstić information content (AvgIpc) is 2.74. The maximum Gasteiger partial charge on any atom is 0.209 e. The molecule has 1 heterocycles. The average molecular weight is 243 g/mol. The van der Waals surface area contributed by atoms with Crippen molar-refractivity contribution in [1.82, 2.24) is 4.90 Å². The number of rotatable bonds is 3. The number of carbonyl (C=O) groups is 1. The molecular formula is C16H21NO. The summed E-state index contributed by atoms with van der Waals surface area (Å²) in [6.45, 7) is 4.21. The van der Waals surface area contributed by atoms with Gasteiger partial charge < -0.3 is 4.90 Å². The number of hydrogen-bond acceptors (Lipinski definition) is 1. The highest BCUT2D eigenvalue weighted by Gasteiger charge is 2.47. The van der Waals surface area contributed by atoms with Crippen LogP contribution >= 0.6 is 0 Å². The van der Waals surface area contributed by atoms with Crippen molar-refractivity contribution in [3.63, 3.8) is 0 Å². The standard InChI is InChI=1S/C16H21NO/c1-13-4-2-3-5-15(13)8-14-6-7-16(9-14)10-17(11-16)12-18/h2-5,12,14H,6-11H2,1H3. The minimum atomic E-state index is 0.480. The van der Waals surface area contributed by atoms with E-state index in [0.717, 1.165) is 25.4 Å². The number of likely N-dealkylation sites (tertiary alicyclic amines) is 1. The van der Waals surface area contributed by atoms with Crippen LogP contribution < -0.4 is 0 Å². The maximum atomic E-state index is 10.7. The van der Waals surface area contributed by atoms with E-state index in [1.807, 2.05) is 4.90 Å². The highest BCUT2D eigenvalue weighted by molar-refractivity contribution is 5.49. The summed E-state index contributed by atoms with van der Waals surface area (Å²) in [5.41, 5.74) is 3.40. The van der Waals surface area contributed by atoms with Crippen molar-refractivity contribution in [1.29, 1.82) is 0 Å². The second-order valence-electron chi connectivity index (χ2n) is 6.25. The molecule has 0 bridgehead atoms. The van der Waals surface area contributed by atoms with Gasteiger partial charge in [-0.3, -0.25) is 4.79 Å². The zero-order valence-electron chi connectivity index (χ0n) is 11.1. The van der Waals surface area contributed by atoms with Crippen LogP contribution in [0.4, 0.5) is 0 Å². The largest absolute Gasteiger partial charge is 0.344 e. The first-order valence-electron chi connectivity index (χ1n) is 6.95. The van der Waals surface area contributed by atoms with E-state index >= 15 is 0 Å². The second-order valence-corrected chi connectivity index (χ2v) is 6.25. The molecule has 1 aliphatic heterocycles. The normalized spacial score (nSPS) is 25.2. The lowest BCUT2D eigenvalue weighted by Crippen LogP contribution is -2.54. The van der Waals surface area contributed by atoms with Crippen LogP contribution in [0, 0.1) is 18.3 Å². The fourth-order valence-electron chi connectivity index (χ4n) is 3.83. The lowest BCUT2D eigenvalue weighted by molar-refractivity contribution is -0.129. The molecule has 0 N–H and O–H groups in total. The Balaban J connectivity index is 1.60. The maximum absolute atomic E-state index is 10.7. The molecule has 96 valence electrons. The van der Waals surface area contributed by atoms with Gasteiger partial charge in [0.1, 0.15) is 0 Å². The van der Waals surface area contributed by atoms with Gasteiger partial charge in [-0.05, 0) is 49.7 Å². The predicted molar refractivity (Wildman–Crippen MR) is 72.3 cm³/mol. The number of benzene rings is 1. The quantitative estimate of drug-likeness (QED) is 0.748. The molecule has 1 spiro atoms. The fourth-order valence-corrected chi connectivity index (χ4v) is 3.83. The summed E-state index contributed by atoms with van der Waals surface area (Å²) in [5, 5.41) is 0. The van der Waals surface area contributed by atoms with Crippen molar-refractivity contribution >= 4 is 6.41 Å². The first-order chi connectivity index (χ1) is 8.71. The molecule has 1 atom stereocenters. The van der Waals surface area contributed by atoms with Crippen molar-refractivity contribution in [3.8, 4) is 0 Å². The highest BCUT2D eigenvalue weighted by atomic mass is 16.1. The molecule has 1 aliphatic carbocycles. The summed E-state index contributed by atoms with van der Waals surface area (Å²) in [4.78, 5) is 12.6. The van der Waals surface area contributed by atoms with E-state index in [-0.39, 0.29) is 0 Å². The van der Waals surface area contributed by atoms with Crippen LogP contribution in [0.2, 0.25) is 0 Å². The number of nitrogens with zero attached hydrogens (tertiary/aromatic N) is 1. The summed E-state index contributed by atoms with van der Waals surface area (Å²) in [6, 6.07) is 8.73. The van der Waals surface area contributed by atoms with Crippen LogP contribution in [0.5, 0.6) is 0 Å². The summed E-state index contributed by atoms with van der Waals surface area (Å²) >= 11 is 0. The molecule has 1 aromatic rings. The number of hydrogen-bond donors (Lipinski definition) is 0. The SMILES string of the molecule is Cc1ccccc1CC1CCC2(C1)CN(C=O)C2. The van der Waals surface area contributed by atoms with Crippen LogP contribution in [0.25, 0.3) is 0 Å². The Morgan fingerprint density at radius 1 is 1.39 bits per heavy atom. The van der Waals surface area contributed by atoms with Crippen LogP contribution in [0.3, 0.4) is 0 Å². The van der Waals surface area contributed by atoms with Gasteiger partial charge in [-0.25, -0.2) is 0 Å². The van der Waals surface area contributed by atoms with Gasteiger partial charge >= 0.3 is 0 Å². The topological polar surface area (TPSA) is 20.3 Å². The third-order valence-corrected chi connectivity index (χ3v) is 4.80. The molecule has 2 aliphatic rings. The Morgan fingerprint density at radius 2 is 2.17 bits per heavy atom. The van der Waals surface area contributed by atoms with Crippen LogP contribution in [-0.4, -0.2) is 24.4 Å². The van der Waals surface area contributed by atoms with E-state index in [4.69, 9.17) is 0 Å². The van der Waals surface area contributed by atoms with Gasteiger partial charge in [-0.15, -0.1) is 0 Å². The van der Waals surface area contributed by atoms with Gasteiger partial charge in [0, 0.05) is 18.5 Å². The molecule has 1 unspecified atom stereocenters. The molecule has 2 fully saturated rings. The molecule has 2 nitrogen and oxygen atoms in total. The van der Waals surface area contributed by atoms with Crippen LogP contribution in [0.1, 0.15) is 30.4 Å². The van der Waals surface area contributed by atoms with Gasteiger partial charge in [0.2, 0.25) is 6.41 Å². The van der Waals surface area contributed by atoms with Crippen molar-refractivity contribution in [2.75, 3.05) is 13.1 Å². The zero-order valence-corrected chi connectivity index (χ0v) is 11.1. The summed E-state index contributed by atoms with van der Waals surface area (Å²) in [6.07, 6.45) is 6.18. The van der Waals surface area contributed by atoms with Crippen molar-refractivity contribution in [2.45, 2.75) is 32.6 Å². The molecule has 18 heavy (non-hydrogen) atoms. The van der Waals surface area contributed by atoms with E-state index in [1.165, 1.54) is 36.8 Å². The van der Waals surface area contributed by atoms with Gasteiger partial charge in [0.15, 0.2) is 0 Å². The van der Waals surface area contributed by atoms with E-state index in [2.05, 4.69) is 31.2 Å². The van der Waals surface area contributed by atoms with E-state index in [0.29, 0.717) is 5.41 Å².